The maximum absolute atomic E-state index is 11.4. The summed E-state index contributed by atoms with van der Waals surface area (Å²) in [7, 11) is 0. The first-order valence-corrected chi connectivity index (χ1v) is 4.16. The zero-order valence-electron chi connectivity index (χ0n) is 7.38. The van der Waals surface area contributed by atoms with E-state index in [0.29, 0.717) is 0 Å². The van der Waals surface area contributed by atoms with Crippen LogP contribution in [0.4, 0.5) is 0 Å². The Hall–Kier alpha value is -1.05. The lowest BCUT2D eigenvalue weighted by Gasteiger charge is -2.27. The van der Waals surface area contributed by atoms with Crippen LogP contribution in [0.15, 0.2) is 25.0 Å². The Morgan fingerprint density at radius 3 is 2.92 bits per heavy atom. The fourth-order valence-corrected chi connectivity index (χ4v) is 1.37. The highest BCUT2D eigenvalue weighted by molar-refractivity contribution is 5.77. The second-order valence-corrected chi connectivity index (χ2v) is 3.35. The molecule has 0 radical (unpaired) electrons. The Labute approximate surface area is 72.9 Å². The van der Waals surface area contributed by atoms with Crippen molar-refractivity contribution in [2.24, 2.45) is 5.41 Å². The summed E-state index contributed by atoms with van der Waals surface area (Å²) in [5, 5.41) is 0. The number of rotatable bonds is 2. The minimum Gasteiger partial charge on any atom is -0.435 e. The van der Waals surface area contributed by atoms with Crippen LogP contribution in [0.5, 0.6) is 0 Å². The standard InChI is InChI=1S/C10H14O2/c1-3-12-9(11)10(2)7-5-4-6-8-10/h3-5H,1,6-8H2,2H3. The molecule has 2 heteroatoms. The van der Waals surface area contributed by atoms with Crippen molar-refractivity contribution in [1.82, 2.24) is 0 Å². The summed E-state index contributed by atoms with van der Waals surface area (Å²) in [6.07, 6.45) is 7.95. The summed E-state index contributed by atoms with van der Waals surface area (Å²) >= 11 is 0. The molecule has 0 aromatic heterocycles. The second-order valence-electron chi connectivity index (χ2n) is 3.35. The summed E-state index contributed by atoms with van der Waals surface area (Å²) in [4.78, 5) is 11.4. The van der Waals surface area contributed by atoms with Gasteiger partial charge in [-0.2, -0.15) is 0 Å². The van der Waals surface area contributed by atoms with Crippen molar-refractivity contribution in [3.63, 3.8) is 0 Å². The molecule has 0 bridgehead atoms. The van der Waals surface area contributed by atoms with E-state index < -0.39 is 0 Å². The molecule has 0 heterocycles. The minimum atomic E-state index is -0.330. The number of hydrogen-bond acceptors (Lipinski definition) is 2. The maximum atomic E-state index is 11.4. The summed E-state index contributed by atoms with van der Waals surface area (Å²) in [5.74, 6) is -0.165. The predicted molar refractivity (Wildman–Crippen MR) is 47.4 cm³/mol. The number of carbonyl (C=O) groups is 1. The first kappa shape index (κ1) is 9.04. The fraction of sp³-hybridized carbons (Fsp3) is 0.500. The molecule has 2 nitrogen and oxygen atoms in total. The van der Waals surface area contributed by atoms with E-state index in [4.69, 9.17) is 4.74 Å². The van der Waals surface area contributed by atoms with Crippen LogP contribution in [0.25, 0.3) is 0 Å². The Balaban J connectivity index is 2.63. The molecule has 1 rings (SSSR count). The Bertz CT molecular complexity index is 218. The van der Waals surface area contributed by atoms with E-state index in [1.807, 2.05) is 13.0 Å². The molecule has 12 heavy (non-hydrogen) atoms. The van der Waals surface area contributed by atoms with E-state index in [1.165, 1.54) is 6.26 Å². The second kappa shape index (κ2) is 3.57. The lowest BCUT2D eigenvalue weighted by atomic mass is 9.79. The fourth-order valence-electron chi connectivity index (χ4n) is 1.37. The molecule has 1 aliphatic carbocycles. The van der Waals surface area contributed by atoms with E-state index in [9.17, 15) is 4.79 Å². The van der Waals surface area contributed by atoms with Gasteiger partial charge in [0.2, 0.25) is 0 Å². The van der Waals surface area contributed by atoms with Crippen LogP contribution in [0.1, 0.15) is 26.2 Å². The van der Waals surface area contributed by atoms with E-state index in [1.54, 1.807) is 0 Å². The van der Waals surface area contributed by atoms with Gasteiger partial charge in [0.1, 0.15) is 0 Å². The molecule has 0 amide bonds. The molecule has 0 aromatic rings. The Morgan fingerprint density at radius 1 is 1.67 bits per heavy atom. The largest absolute Gasteiger partial charge is 0.435 e. The van der Waals surface area contributed by atoms with Gasteiger partial charge in [-0.05, 0) is 26.2 Å². The van der Waals surface area contributed by atoms with Gasteiger partial charge in [-0.15, -0.1) is 0 Å². The average molecular weight is 166 g/mol. The number of hydrogen-bond donors (Lipinski definition) is 0. The van der Waals surface area contributed by atoms with Crippen molar-refractivity contribution in [3.8, 4) is 0 Å². The molecule has 0 N–H and O–H groups in total. The summed E-state index contributed by atoms with van der Waals surface area (Å²) in [6.45, 7) is 5.30. The molecule has 1 aliphatic rings. The monoisotopic (exact) mass is 166 g/mol. The third-order valence-corrected chi connectivity index (χ3v) is 2.28. The molecule has 0 spiro atoms. The van der Waals surface area contributed by atoms with Crippen LogP contribution in [-0.4, -0.2) is 5.97 Å². The van der Waals surface area contributed by atoms with Crippen LogP contribution < -0.4 is 0 Å². The molecule has 1 atom stereocenters. The predicted octanol–water partition coefficient (Wildman–Crippen LogP) is 2.42. The van der Waals surface area contributed by atoms with Gasteiger partial charge in [0.15, 0.2) is 0 Å². The third-order valence-electron chi connectivity index (χ3n) is 2.28. The van der Waals surface area contributed by atoms with Crippen LogP contribution >= 0.6 is 0 Å². The zero-order chi connectivity index (χ0) is 9.03. The molecule has 0 saturated heterocycles. The maximum Gasteiger partial charge on any atom is 0.316 e. The van der Waals surface area contributed by atoms with Crippen molar-refractivity contribution < 1.29 is 9.53 Å². The van der Waals surface area contributed by atoms with E-state index in [-0.39, 0.29) is 11.4 Å². The molecule has 66 valence electrons. The van der Waals surface area contributed by atoms with Crippen molar-refractivity contribution in [2.75, 3.05) is 0 Å². The first-order chi connectivity index (χ1) is 5.69. The zero-order valence-corrected chi connectivity index (χ0v) is 7.38. The van der Waals surface area contributed by atoms with Crippen molar-refractivity contribution in [1.29, 1.82) is 0 Å². The highest BCUT2D eigenvalue weighted by Crippen LogP contribution is 2.33. The number of allylic oxidation sites excluding steroid dienone is 2. The van der Waals surface area contributed by atoms with Gasteiger partial charge in [0, 0.05) is 0 Å². The molecule has 0 saturated carbocycles. The van der Waals surface area contributed by atoms with Crippen molar-refractivity contribution in [2.45, 2.75) is 26.2 Å². The Kier molecular flexibility index (Phi) is 2.69. The van der Waals surface area contributed by atoms with Gasteiger partial charge in [0.25, 0.3) is 0 Å². The van der Waals surface area contributed by atoms with Gasteiger partial charge in [-0.1, -0.05) is 18.7 Å². The van der Waals surface area contributed by atoms with E-state index in [2.05, 4.69) is 12.7 Å². The number of esters is 1. The van der Waals surface area contributed by atoms with Gasteiger partial charge >= 0.3 is 5.97 Å². The average Bonchev–Trinajstić information content (AvgIpc) is 2.06. The van der Waals surface area contributed by atoms with Crippen molar-refractivity contribution >= 4 is 5.97 Å². The van der Waals surface area contributed by atoms with Crippen LogP contribution in [-0.2, 0) is 9.53 Å². The van der Waals surface area contributed by atoms with Crippen LogP contribution in [0, 0.1) is 5.41 Å². The summed E-state index contributed by atoms with van der Waals surface area (Å²) in [5.41, 5.74) is -0.330. The quantitative estimate of drug-likeness (QED) is 0.358. The number of carbonyl (C=O) groups excluding carboxylic acids is 1. The highest BCUT2D eigenvalue weighted by atomic mass is 16.5. The normalized spacial score (nSPS) is 28.1. The molecule has 0 aromatic carbocycles. The lowest BCUT2D eigenvalue weighted by Crippen LogP contribution is -2.29. The Morgan fingerprint density at radius 2 is 2.42 bits per heavy atom. The molecular weight excluding hydrogens is 152 g/mol. The van der Waals surface area contributed by atoms with Gasteiger partial charge in [0.05, 0.1) is 11.7 Å². The van der Waals surface area contributed by atoms with Gasteiger partial charge in [-0.3, -0.25) is 4.79 Å². The van der Waals surface area contributed by atoms with E-state index >= 15 is 0 Å². The minimum absolute atomic E-state index is 0.165. The lowest BCUT2D eigenvalue weighted by molar-refractivity contribution is -0.149. The highest BCUT2D eigenvalue weighted by Gasteiger charge is 2.33. The molecule has 1 unspecified atom stereocenters. The van der Waals surface area contributed by atoms with Gasteiger partial charge in [-0.25, -0.2) is 0 Å². The van der Waals surface area contributed by atoms with Crippen LogP contribution in [0.3, 0.4) is 0 Å². The topological polar surface area (TPSA) is 26.3 Å². The number of ether oxygens (including phenoxy) is 1. The summed E-state index contributed by atoms with van der Waals surface area (Å²) < 4.78 is 4.78. The van der Waals surface area contributed by atoms with Gasteiger partial charge < -0.3 is 4.74 Å². The van der Waals surface area contributed by atoms with Crippen LogP contribution in [0.2, 0.25) is 0 Å². The smallest absolute Gasteiger partial charge is 0.316 e. The van der Waals surface area contributed by atoms with Crippen molar-refractivity contribution in [3.05, 3.63) is 25.0 Å². The molecule has 0 aliphatic heterocycles. The molecule has 0 fully saturated rings. The third kappa shape index (κ3) is 1.76. The SMILES string of the molecule is C=COC(=O)C1(C)CC=CCC1. The van der Waals surface area contributed by atoms with E-state index in [0.717, 1.165) is 19.3 Å². The molecular formula is C10H14O2. The first-order valence-electron chi connectivity index (χ1n) is 4.16. The summed E-state index contributed by atoms with van der Waals surface area (Å²) in [6, 6.07) is 0.